The number of halogens is 1. The largest absolute Gasteiger partial charge is 0.486 e. The van der Waals surface area contributed by atoms with Crippen LogP contribution in [0.5, 0.6) is 5.75 Å². The number of thiophene rings is 1. The van der Waals surface area contributed by atoms with Crippen LogP contribution >= 0.6 is 27.3 Å². The Morgan fingerprint density at radius 2 is 2.14 bits per heavy atom. The van der Waals surface area contributed by atoms with E-state index in [2.05, 4.69) is 26.4 Å². The number of anilines is 1. The molecule has 1 aromatic carbocycles. The summed E-state index contributed by atoms with van der Waals surface area (Å²) in [5.41, 5.74) is 6.55. The van der Waals surface area contributed by atoms with Crippen molar-refractivity contribution in [1.82, 2.24) is 0 Å². The molecule has 0 aliphatic carbocycles. The van der Waals surface area contributed by atoms with E-state index in [9.17, 15) is 4.79 Å². The molecule has 2 rings (SSSR count). The molecule has 0 radical (unpaired) electrons. The molecule has 0 atom stereocenters. The smallest absolute Gasteiger partial charge is 0.256 e. The normalized spacial score (nSPS) is 11.2. The van der Waals surface area contributed by atoms with E-state index in [0.29, 0.717) is 17.0 Å². The van der Waals surface area contributed by atoms with Gasteiger partial charge in [0.05, 0.1) is 9.35 Å². The van der Waals surface area contributed by atoms with Gasteiger partial charge >= 0.3 is 0 Å². The molecular weight excluding hydrogens is 358 g/mol. The fraction of sp³-hybridized carbons (Fsp3) is 0.0769. The van der Waals surface area contributed by atoms with Gasteiger partial charge in [0.1, 0.15) is 12.4 Å². The number of benzene rings is 1. The van der Waals surface area contributed by atoms with E-state index in [1.165, 1.54) is 11.3 Å². The molecule has 0 fully saturated rings. The molecule has 2 aromatic rings. The van der Waals surface area contributed by atoms with Crippen molar-refractivity contribution in [2.45, 2.75) is 0 Å². The van der Waals surface area contributed by atoms with Crippen molar-refractivity contribution in [1.29, 1.82) is 0 Å². The Bertz CT molecular complexity index is 655. The van der Waals surface area contributed by atoms with E-state index in [-0.39, 0.29) is 18.3 Å². The summed E-state index contributed by atoms with van der Waals surface area (Å²) in [6.07, 6.45) is 0. The first-order valence-electron chi connectivity index (χ1n) is 5.83. The average molecular weight is 370 g/mol. The third-order valence-electron chi connectivity index (χ3n) is 2.46. The van der Waals surface area contributed by atoms with Gasteiger partial charge < -0.3 is 21.0 Å². The maximum absolute atomic E-state index is 11.9. The van der Waals surface area contributed by atoms with E-state index < -0.39 is 0 Å². The molecule has 0 saturated carbocycles. The number of hydrogen-bond acceptors (Lipinski definition) is 5. The summed E-state index contributed by atoms with van der Waals surface area (Å²) in [5, 5.41) is 15.8. The van der Waals surface area contributed by atoms with Crippen LogP contribution in [0, 0.1) is 0 Å². The fourth-order valence-electron chi connectivity index (χ4n) is 1.45. The molecule has 21 heavy (non-hydrogen) atoms. The van der Waals surface area contributed by atoms with Crippen LogP contribution in [0.4, 0.5) is 5.69 Å². The predicted molar refractivity (Wildman–Crippen MR) is 85.3 cm³/mol. The molecule has 110 valence electrons. The SMILES string of the molecule is N/C(COc1ccc(NC(=O)c2csc(Br)c2)cc1)=N/O. The van der Waals surface area contributed by atoms with Gasteiger partial charge in [-0.1, -0.05) is 5.16 Å². The Kier molecular flexibility index (Phi) is 5.18. The first-order valence-corrected chi connectivity index (χ1v) is 7.50. The third-order valence-corrected chi connectivity index (χ3v) is 3.96. The van der Waals surface area contributed by atoms with Crippen LogP contribution in [-0.4, -0.2) is 23.6 Å². The van der Waals surface area contributed by atoms with Crippen molar-refractivity contribution in [3.8, 4) is 5.75 Å². The number of amides is 1. The van der Waals surface area contributed by atoms with Gasteiger partial charge in [0, 0.05) is 11.1 Å². The standard InChI is InChI=1S/C13H12BrN3O3S/c14-11-5-8(7-21-11)13(18)16-9-1-3-10(4-2-9)20-6-12(15)17-19/h1-5,7,19H,6H2,(H2,15,17)(H,16,18). The van der Waals surface area contributed by atoms with Crippen LogP contribution in [0.3, 0.4) is 0 Å². The van der Waals surface area contributed by atoms with Crippen LogP contribution in [-0.2, 0) is 0 Å². The number of nitrogens with two attached hydrogens (primary N) is 1. The molecular formula is C13H12BrN3O3S. The van der Waals surface area contributed by atoms with Gasteiger partial charge in [-0.05, 0) is 46.3 Å². The number of nitrogens with one attached hydrogen (secondary N) is 1. The molecule has 1 amide bonds. The van der Waals surface area contributed by atoms with E-state index in [4.69, 9.17) is 15.7 Å². The topological polar surface area (TPSA) is 96.9 Å². The number of nitrogens with zero attached hydrogens (tertiary/aromatic N) is 1. The van der Waals surface area contributed by atoms with Crippen molar-refractivity contribution in [2.75, 3.05) is 11.9 Å². The molecule has 6 nitrogen and oxygen atoms in total. The highest BCUT2D eigenvalue weighted by Gasteiger charge is 2.08. The molecule has 0 unspecified atom stereocenters. The Labute approximate surface area is 133 Å². The lowest BCUT2D eigenvalue weighted by molar-refractivity contribution is 0.102. The minimum Gasteiger partial charge on any atom is -0.486 e. The number of ether oxygens (including phenoxy) is 1. The molecule has 8 heteroatoms. The highest BCUT2D eigenvalue weighted by molar-refractivity contribution is 9.11. The quantitative estimate of drug-likeness (QED) is 0.326. The number of hydrogen-bond donors (Lipinski definition) is 3. The van der Waals surface area contributed by atoms with E-state index in [1.54, 1.807) is 35.7 Å². The van der Waals surface area contributed by atoms with Crippen LogP contribution in [0.25, 0.3) is 0 Å². The fourth-order valence-corrected chi connectivity index (χ4v) is 2.59. The average Bonchev–Trinajstić information content (AvgIpc) is 2.93. The van der Waals surface area contributed by atoms with Crippen LogP contribution in [0.2, 0.25) is 0 Å². The Morgan fingerprint density at radius 1 is 1.43 bits per heavy atom. The molecule has 0 saturated heterocycles. The third kappa shape index (κ3) is 4.47. The molecule has 1 heterocycles. The van der Waals surface area contributed by atoms with E-state index in [1.807, 2.05) is 0 Å². The predicted octanol–water partition coefficient (Wildman–Crippen LogP) is 2.89. The van der Waals surface area contributed by atoms with E-state index >= 15 is 0 Å². The number of carbonyl (C=O) groups is 1. The van der Waals surface area contributed by atoms with E-state index in [0.717, 1.165) is 3.79 Å². The minimum atomic E-state index is -0.178. The van der Waals surface area contributed by atoms with Gasteiger partial charge in [-0.15, -0.1) is 11.3 Å². The van der Waals surface area contributed by atoms with Gasteiger partial charge in [-0.3, -0.25) is 4.79 Å². The van der Waals surface area contributed by atoms with Gasteiger partial charge in [0.2, 0.25) is 0 Å². The lowest BCUT2D eigenvalue weighted by Crippen LogP contribution is -2.20. The van der Waals surface area contributed by atoms with Crippen molar-refractivity contribution in [2.24, 2.45) is 10.9 Å². The molecule has 0 aliphatic heterocycles. The summed E-state index contributed by atoms with van der Waals surface area (Å²) in [6, 6.07) is 8.55. The molecule has 0 bridgehead atoms. The summed E-state index contributed by atoms with van der Waals surface area (Å²) < 4.78 is 6.18. The van der Waals surface area contributed by atoms with Gasteiger partial charge in [-0.25, -0.2) is 0 Å². The first kappa shape index (κ1) is 15.3. The van der Waals surface area contributed by atoms with Crippen LogP contribution < -0.4 is 15.8 Å². The lowest BCUT2D eigenvalue weighted by Gasteiger charge is -2.07. The first-order chi connectivity index (χ1) is 10.1. The summed E-state index contributed by atoms with van der Waals surface area (Å²) >= 11 is 4.76. The summed E-state index contributed by atoms with van der Waals surface area (Å²) in [7, 11) is 0. The number of carbonyl (C=O) groups excluding carboxylic acids is 1. The Balaban J connectivity index is 1.94. The zero-order valence-electron chi connectivity index (χ0n) is 10.7. The summed E-state index contributed by atoms with van der Waals surface area (Å²) in [4.78, 5) is 11.9. The van der Waals surface area contributed by atoms with Gasteiger partial charge in [0.25, 0.3) is 5.91 Å². The zero-order chi connectivity index (χ0) is 15.2. The second kappa shape index (κ2) is 7.09. The number of amidine groups is 1. The lowest BCUT2D eigenvalue weighted by atomic mass is 10.2. The number of oxime groups is 1. The second-order valence-electron chi connectivity index (χ2n) is 4.00. The van der Waals surface area contributed by atoms with Crippen molar-refractivity contribution < 1.29 is 14.7 Å². The summed E-state index contributed by atoms with van der Waals surface area (Å²) in [5.74, 6) is 0.357. The Hall–Kier alpha value is -2.06. The van der Waals surface area contributed by atoms with Crippen LogP contribution in [0.15, 0.2) is 44.7 Å². The molecule has 0 spiro atoms. The second-order valence-corrected chi connectivity index (χ2v) is 6.29. The molecule has 4 N–H and O–H groups in total. The highest BCUT2D eigenvalue weighted by atomic mass is 79.9. The summed E-state index contributed by atoms with van der Waals surface area (Å²) in [6.45, 7) is -0.00879. The maximum atomic E-state index is 11.9. The minimum absolute atomic E-state index is 0.00879. The molecule has 1 aromatic heterocycles. The number of rotatable bonds is 5. The van der Waals surface area contributed by atoms with Crippen molar-refractivity contribution >= 4 is 44.7 Å². The monoisotopic (exact) mass is 369 g/mol. The van der Waals surface area contributed by atoms with Gasteiger partial charge in [-0.2, -0.15) is 0 Å². The van der Waals surface area contributed by atoms with Crippen molar-refractivity contribution in [3.05, 3.63) is 45.1 Å². The highest BCUT2D eigenvalue weighted by Crippen LogP contribution is 2.22. The van der Waals surface area contributed by atoms with Gasteiger partial charge in [0.15, 0.2) is 5.84 Å². The maximum Gasteiger partial charge on any atom is 0.256 e. The van der Waals surface area contributed by atoms with Crippen LogP contribution in [0.1, 0.15) is 10.4 Å². The molecule has 0 aliphatic rings. The zero-order valence-corrected chi connectivity index (χ0v) is 13.1. The Morgan fingerprint density at radius 3 is 2.71 bits per heavy atom. The van der Waals surface area contributed by atoms with Crippen molar-refractivity contribution in [3.63, 3.8) is 0 Å².